The van der Waals surface area contributed by atoms with Crippen LogP contribution in [-0.4, -0.2) is 22.5 Å². The summed E-state index contributed by atoms with van der Waals surface area (Å²) in [5, 5.41) is 8.76. The number of aliphatic carboxylic acids is 1. The van der Waals surface area contributed by atoms with E-state index < -0.39 is 5.97 Å². The maximum absolute atomic E-state index is 10.7. The monoisotopic (exact) mass is 267 g/mol. The minimum atomic E-state index is -0.953. The van der Waals surface area contributed by atoms with E-state index in [1.165, 1.54) is 0 Å². The van der Waals surface area contributed by atoms with Gasteiger partial charge in [0, 0.05) is 39.3 Å². The maximum atomic E-state index is 10.7. The van der Waals surface area contributed by atoms with Gasteiger partial charge in [0.1, 0.15) is 0 Å². The molecule has 1 aliphatic rings. The molecule has 0 saturated carbocycles. The molecule has 0 aliphatic carbocycles. The van der Waals surface area contributed by atoms with Crippen molar-refractivity contribution in [3.63, 3.8) is 0 Å². The van der Waals surface area contributed by atoms with Gasteiger partial charge < -0.3 is 14.8 Å². The Balaban J connectivity index is 0.00000169. The van der Waals surface area contributed by atoms with Crippen LogP contribution in [0.2, 0.25) is 0 Å². The van der Waals surface area contributed by atoms with Gasteiger partial charge in [0.05, 0.1) is 0 Å². The number of carboxylic acid groups (broad SMARTS) is 1. The number of carbonyl (C=O) groups is 1. The van der Waals surface area contributed by atoms with Crippen LogP contribution in [0.5, 0.6) is 0 Å². The van der Waals surface area contributed by atoms with E-state index in [1.807, 2.05) is 13.8 Å². The second kappa shape index (κ2) is 5.47. The number of allylic oxidation sites excluding steroid dienone is 1. The standard InChI is InChI=1S/C10H12NO2.Y/c1-4-11-6-9(10(12)13)5-7(2)8(11)3;/h5H,3-4H2,1-2H3,(H,12,13);/q-1;. The largest absolute Gasteiger partial charge is 0.521 e. The third-order valence-corrected chi connectivity index (χ3v) is 1.94. The van der Waals surface area contributed by atoms with Crippen LogP contribution in [0.4, 0.5) is 0 Å². The Morgan fingerprint density at radius 3 is 2.71 bits per heavy atom. The fraction of sp³-hybridized carbons (Fsp3) is 0.300. The van der Waals surface area contributed by atoms with E-state index >= 15 is 0 Å². The van der Waals surface area contributed by atoms with Crippen LogP contribution in [0.25, 0.3) is 0 Å². The van der Waals surface area contributed by atoms with Crippen molar-refractivity contribution < 1.29 is 42.6 Å². The summed E-state index contributed by atoms with van der Waals surface area (Å²) in [7, 11) is 0. The SMILES string of the molecule is C=C1C(C)=CC(C(=O)O)=[C-]N1CC.[Y]. The molecule has 1 N–H and O–H groups in total. The van der Waals surface area contributed by atoms with Crippen molar-refractivity contribution in [2.24, 2.45) is 0 Å². The molecule has 0 bridgehead atoms. The van der Waals surface area contributed by atoms with E-state index in [4.69, 9.17) is 5.11 Å². The van der Waals surface area contributed by atoms with Gasteiger partial charge in [0.25, 0.3) is 0 Å². The Kier molecular flexibility index (Phi) is 5.31. The summed E-state index contributed by atoms with van der Waals surface area (Å²) < 4.78 is 0. The van der Waals surface area contributed by atoms with E-state index in [2.05, 4.69) is 12.8 Å². The number of hydrogen-bond acceptors (Lipinski definition) is 2. The van der Waals surface area contributed by atoms with E-state index in [-0.39, 0.29) is 38.3 Å². The van der Waals surface area contributed by atoms with Crippen LogP contribution in [0.3, 0.4) is 0 Å². The van der Waals surface area contributed by atoms with E-state index in [0.29, 0.717) is 6.54 Å². The van der Waals surface area contributed by atoms with Gasteiger partial charge in [-0.2, -0.15) is 0 Å². The number of likely N-dealkylation sites (N-methyl/N-ethyl adjacent to an activating group) is 1. The van der Waals surface area contributed by atoms with Crippen molar-refractivity contribution in [2.45, 2.75) is 13.8 Å². The molecule has 0 fully saturated rings. The Hall–Kier alpha value is -0.406. The molecule has 4 heteroatoms. The molecule has 1 aliphatic heterocycles. The fourth-order valence-electron chi connectivity index (χ4n) is 1.14. The molecule has 0 atom stereocenters. The van der Waals surface area contributed by atoms with Gasteiger partial charge >= 0.3 is 0 Å². The van der Waals surface area contributed by atoms with Crippen molar-refractivity contribution in [3.05, 3.63) is 35.7 Å². The van der Waals surface area contributed by atoms with Gasteiger partial charge in [-0.15, -0.1) is 18.2 Å². The summed E-state index contributed by atoms with van der Waals surface area (Å²) >= 11 is 0. The Morgan fingerprint density at radius 1 is 1.71 bits per heavy atom. The van der Waals surface area contributed by atoms with Gasteiger partial charge in [-0.1, -0.05) is 13.1 Å². The normalized spacial score (nSPS) is 15.6. The van der Waals surface area contributed by atoms with Gasteiger partial charge in [-0.3, -0.25) is 0 Å². The summed E-state index contributed by atoms with van der Waals surface area (Å²) in [4.78, 5) is 12.4. The van der Waals surface area contributed by atoms with Crippen LogP contribution >= 0.6 is 0 Å². The summed E-state index contributed by atoms with van der Waals surface area (Å²) in [5.74, 6) is -0.953. The molecule has 3 nitrogen and oxygen atoms in total. The minimum absolute atomic E-state index is 0. The topological polar surface area (TPSA) is 40.5 Å². The zero-order chi connectivity index (χ0) is 10.0. The molecular formula is C10H12NO2Y-. The second-order valence-electron chi connectivity index (χ2n) is 2.85. The third-order valence-electron chi connectivity index (χ3n) is 1.94. The molecule has 1 heterocycles. The number of carboxylic acids is 1. The van der Waals surface area contributed by atoms with Crippen molar-refractivity contribution in [1.29, 1.82) is 0 Å². The summed E-state index contributed by atoms with van der Waals surface area (Å²) in [6, 6.07) is 0. The smallest absolute Gasteiger partial charge is 0.249 e. The predicted molar refractivity (Wildman–Crippen MR) is 49.7 cm³/mol. The number of nitrogens with zero attached hydrogens (tertiary/aromatic N) is 1. The van der Waals surface area contributed by atoms with Crippen molar-refractivity contribution >= 4 is 5.97 Å². The quantitative estimate of drug-likeness (QED) is 0.772. The maximum Gasteiger partial charge on any atom is 0.249 e. The van der Waals surface area contributed by atoms with Gasteiger partial charge in [-0.05, 0) is 18.2 Å². The number of rotatable bonds is 2. The Morgan fingerprint density at radius 2 is 2.29 bits per heavy atom. The molecule has 0 unspecified atom stereocenters. The Labute approximate surface area is 109 Å². The van der Waals surface area contributed by atoms with Crippen LogP contribution in [0, 0.1) is 6.20 Å². The van der Waals surface area contributed by atoms with Gasteiger partial charge in [0.2, 0.25) is 5.97 Å². The predicted octanol–water partition coefficient (Wildman–Crippen LogP) is 1.55. The van der Waals surface area contributed by atoms with E-state index in [1.54, 1.807) is 11.0 Å². The molecule has 0 amide bonds. The van der Waals surface area contributed by atoms with Gasteiger partial charge in [-0.25, -0.2) is 0 Å². The van der Waals surface area contributed by atoms with Crippen molar-refractivity contribution in [2.75, 3.05) is 6.54 Å². The first kappa shape index (κ1) is 13.6. The molecule has 73 valence electrons. The first-order chi connectivity index (χ1) is 6.06. The minimum Gasteiger partial charge on any atom is -0.521 e. The fourth-order valence-corrected chi connectivity index (χ4v) is 1.14. The molecule has 0 spiro atoms. The Bertz CT molecular complexity index is 318. The average Bonchev–Trinajstić information content (AvgIpc) is 2.09. The van der Waals surface area contributed by atoms with Crippen molar-refractivity contribution in [1.82, 2.24) is 4.90 Å². The van der Waals surface area contributed by atoms with Crippen LogP contribution < -0.4 is 0 Å². The molecule has 0 aromatic heterocycles. The second-order valence-corrected chi connectivity index (χ2v) is 2.85. The zero-order valence-corrected chi connectivity index (χ0v) is 11.2. The molecule has 1 radical (unpaired) electrons. The van der Waals surface area contributed by atoms with Gasteiger partial charge in [0.15, 0.2) is 0 Å². The van der Waals surface area contributed by atoms with Crippen LogP contribution in [-0.2, 0) is 37.5 Å². The zero-order valence-electron chi connectivity index (χ0n) is 8.37. The van der Waals surface area contributed by atoms with Crippen LogP contribution in [0.15, 0.2) is 29.5 Å². The summed E-state index contributed by atoms with van der Waals surface area (Å²) in [6.07, 6.45) is 4.34. The molecule has 1 rings (SSSR count). The molecular weight excluding hydrogens is 255 g/mol. The summed E-state index contributed by atoms with van der Waals surface area (Å²) in [6.45, 7) is 8.28. The molecule has 0 aromatic carbocycles. The molecule has 14 heavy (non-hydrogen) atoms. The number of hydrogen-bond donors (Lipinski definition) is 1. The van der Waals surface area contributed by atoms with Crippen molar-refractivity contribution in [3.8, 4) is 0 Å². The third kappa shape index (κ3) is 2.79. The first-order valence-electron chi connectivity index (χ1n) is 4.08. The van der Waals surface area contributed by atoms with E-state index in [0.717, 1.165) is 11.3 Å². The first-order valence-corrected chi connectivity index (χ1v) is 4.08. The van der Waals surface area contributed by atoms with Crippen LogP contribution in [0.1, 0.15) is 13.8 Å². The van der Waals surface area contributed by atoms with E-state index in [9.17, 15) is 4.79 Å². The molecule has 0 saturated heterocycles. The molecule has 0 aromatic rings. The average molecular weight is 267 g/mol. The summed E-state index contributed by atoms with van der Waals surface area (Å²) in [5.41, 5.74) is 1.87.